The van der Waals surface area contributed by atoms with Crippen LogP contribution in [0.15, 0.2) is 12.2 Å². The van der Waals surface area contributed by atoms with Crippen molar-refractivity contribution in [2.75, 3.05) is 6.54 Å². The van der Waals surface area contributed by atoms with Crippen molar-refractivity contribution in [1.82, 2.24) is 5.32 Å². The van der Waals surface area contributed by atoms with Gasteiger partial charge in [-0.25, -0.2) is 4.79 Å². The smallest absolute Gasteiger partial charge is 0.394 e. The van der Waals surface area contributed by atoms with Gasteiger partial charge in [-0.3, -0.25) is 4.79 Å². The van der Waals surface area contributed by atoms with Crippen LogP contribution in [0.3, 0.4) is 0 Å². The second-order valence-corrected chi connectivity index (χ2v) is 6.50. The fourth-order valence-corrected chi connectivity index (χ4v) is 2.65. The van der Waals surface area contributed by atoms with Crippen molar-refractivity contribution < 1.29 is 14.7 Å². The van der Waals surface area contributed by atoms with E-state index in [2.05, 4.69) is 24.4 Å². The lowest BCUT2D eigenvalue weighted by Crippen LogP contribution is -2.31. The molecule has 0 saturated carbocycles. The molecule has 0 radical (unpaired) electrons. The van der Waals surface area contributed by atoms with E-state index in [-0.39, 0.29) is 0 Å². The maximum atomic E-state index is 10.8. The quantitative estimate of drug-likeness (QED) is 0.230. The third-order valence-electron chi connectivity index (χ3n) is 4.17. The molecule has 0 rings (SSSR count). The van der Waals surface area contributed by atoms with Gasteiger partial charge in [0.25, 0.3) is 0 Å². The van der Waals surface area contributed by atoms with Crippen molar-refractivity contribution >= 4 is 11.9 Å². The third kappa shape index (κ3) is 17.0. The summed E-state index contributed by atoms with van der Waals surface area (Å²) in [4.78, 5) is 21.1. The van der Waals surface area contributed by atoms with Crippen LogP contribution in [0.5, 0.6) is 0 Å². The Morgan fingerprint density at radius 1 is 0.750 bits per heavy atom. The van der Waals surface area contributed by atoms with Crippen molar-refractivity contribution in [2.24, 2.45) is 0 Å². The lowest BCUT2D eigenvalue weighted by Gasteiger charge is -2.02. The number of aliphatic carboxylic acids is 1. The maximum absolute atomic E-state index is 10.8. The average molecular weight is 340 g/mol. The van der Waals surface area contributed by atoms with Crippen molar-refractivity contribution in [3.63, 3.8) is 0 Å². The van der Waals surface area contributed by atoms with Crippen LogP contribution >= 0.6 is 0 Å². The van der Waals surface area contributed by atoms with E-state index in [1.807, 2.05) is 0 Å². The van der Waals surface area contributed by atoms with E-state index in [1.54, 1.807) is 0 Å². The van der Waals surface area contributed by atoms with Crippen molar-refractivity contribution in [1.29, 1.82) is 0 Å². The number of carbonyl (C=O) groups excluding carboxylic acids is 1. The highest BCUT2D eigenvalue weighted by Gasteiger charge is 2.08. The Morgan fingerprint density at radius 2 is 1.21 bits per heavy atom. The largest absolute Gasteiger partial charge is 0.474 e. The van der Waals surface area contributed by atoms with E-state index < -0.39 is 11.9 Å². The van der Waals surface area contributed by atoms with E-state index >= 15 is 0 Å². The maximum Gasteiger partial charge on any atom is 0.394 e. The number of carboxylic acids is 1. The number of nitrogens with one attached hydrogen (secondary N) is 1. The highest BCUT2D eigenvalue weighted by Crippen LogP contribution is 2.09. The average Bonchev–Trinajstić information content (AvgIpc) is 2.57. The standard InChI is InChI=1S/C20H37NO3/c1-2-3-4-5-6-7-8-9-10-11-12-13-14-15-16-17-18-21-19(22)20(23)24/h9-10H,2-8,11-18H2,1H3,(H,21,22)(H,23,24)/b10-9-. The van der Waals surface area contributed by atoms with Crippen LogP contribution in [0.1, 0.15) is 96.8 Å². The molecule has 0 fully saturated rings. The predicted octanol–water partition coefficient (Wildman–Crippen LogP) is 5.22. The molecule has 0 unspecified atom stereocenters. The predicted molar refractivity (Wildman–Crippen MR) is 100 cm³/mol. The van der Waals surface area contributed by atoms with E-state index in [9.17, 15) is 9.59 Å². The van der Waals surface area contributed by atoms with Gasteiger partial charge in [-0.1, -0.05) is 76.9 Å². The normalized spacial score (nSPS) is 11.0. The zero-order chi connectivity index (χ0) is 17.9. The molecule has 0 aromatic carbocycles. The third-order valence-corrected chi connectivity index (χ3v) is 4.17. The topological polar surface area (TPSA) is 66.4 Å². The second kappa shape index (κ2) is 18.0. The van der Waals surface area contributed by atoms with E-state index in [0.717, 1.165) is 19.3 Å². The van der Waals surface area contributed by atoms with Gasteiger partial charge in [0.2, 0.25) is 0 Å². The number of unbranched alkanes of at least 4 members (excludes halogenated alkanes) is 12. The number of amides is 1. The van der Waals surface area contributed by atoms with Crippen molar-refractivity contribution in [3.05, 3.63) is 12.2 Å². The summed E-state index contributed by atoms with van der Waals surface area (Å²) < 4.78 is 0. The summed E-state index contributed by atoms with van der Waals surface area (Å²) in [5.74, 6) is -2.30. The van der Waals surface area contributed by atoms with Gasteiger partial charge in [-0.2, -0.15) is 0 Å². The van der Waals surface area contributed by atoms with Crippen LogP contribution in [0.4, 0.5) is 0 Å². The molecule has 0 aromatic heterocycles. The monoisotopic (exact) mass is 339 g/mol. The Bertz CT molecular complexity index is 340. The molecule has 0 aliphatic heterocycles. The van der Waals surface area contributed by atoms with Crippen molar-refractivity contribution in [2.45, 2.75) is 96.8 Å². The number of carboxylic acid groups (broad SMARTS) is 1. The van der Waals surface area contributed by atoms with E-state index in [4.69, 9.17) is 5.11 Å². The fraction of sp³-hybridized carbons (Fsp3) is 0.800. The first-order valence-corrected chi connectivity index (χ1v) is 9.84. The minimum Gasteiger partial charge on any atom is -0.474 e. The first kappa shape index (κ1) is 22.7. The molecule has 0 aliphatic rings. The highest BCUT2D eigenvalue weighted by molar-refractivity contribution is 6.31. The zero-order valence-electron chi connectivity index (χ0n) is 15.5. The van der Waals surface area contributed by atoms with E-state index in [1.165, 1.54) is 70.6 Å². The van der Waals surface area contributed by atoms with Crippen LogP contribution in [0, 0.1) is 0 Å². The van der Waals surface area contributed by atoms with Crippen LogP contribution < -0.4 is 5.32 Å². The van der Waals surface area contributed by atoms with Crippen LogP contribution in [-0.2, 0) is 9.59 Å². The number of hydrogen-bond donors (Lipinski definition) is 2. The first-order valence-electron chi connectivity index (χ1n) is 9.84. The number of rotatable bonds is 16. The molecule has 0 heterocycles. The Kier molecular flexibility index (Phi) is 17.0. The number of carbonyl (C=O) groups is 2. The van der Waals surface area contributed by atoms with Gasteiger partial charge in [-0.05, 0) is 32.1 Å². The van der Waals surface area contributed by atoms with Gasteiger partial charge < -0.3 is 10.4 Å². The van der Waals surface area contributed by atoms with Crippen molar-refractivity contribution in [3.8, 4) is 0 Å². The van der Waals surface area contributed by atoms with Gasteiger partial charge >= 0.3 is 11.9 Å². The Labute approximate surface area is 148 Å². The molecule has 24 heavy (non-hydrogen) atoms. The number of hydrogen-bond acceptors (Lipinski definition) is 2. The molecular weight excluding hydrogens is 302 g/mol. The molecule has 4 heteroatoms. The lowest BCUT2D eigenvalue weighted by molar-refractivity contribution is -0.150. The summed E-state index contributed by atoms with van der Waals surface area (Å²) in [7, 11) is 0. The Balaban J connectivity index is 3.15. The molecule has 4 nitrogen and oxygen atoms in total. The number of allylic oxidation sites excluding steroid dienone is 2. The van der Waals surface area contributed by atoms with Gasteiger partial charge in [0.05, 0.1) is 0 Å². The lowest BCUT2D eigenvalue weighted by atomic mass is 10.1. The fourth-order valence-electron chi connectivity index (χ4n) is 2.65. The van der Waals surface area contributed by atoms with Crippen LogP contribution in [-0.4, -0.2) is 23.5 Å². The van der Waals surface area contributed by atoms with Gasteiger partial charge in [0.15, 0.2) is 0 Å². The van der Waals surface area contributed by atoms with Gasteiger partial charge in [-0.15, -0.1) is 0 Å². The molecule has 0 saturated heterocycles. The Hall–Kier alpha value is -1.32. The molecule has 2 N–H and O–H groups in total. The second-order valence-electron chi connectivity index (χ2n) is 6.50. The summed E-state index contributed by atoms with van der Waals surface area (Å²) in [6.07, 6.45) is 22.1. The Morgan fingerprint density at radius 3 is 1.71 bits per heavy atom. The SMILES string of the molecule is CCCCCCCC/C=C\CCCCCCCCNC(=O)C(=O)O. The first-order chi connectivity index (χ1) is 11.7. The van der Waals surface area contributed by atoms with E-state index in [0.29, 0.717) is 6.54 Å². The van der Waals surface area contributed by atoms with Crippen LogP contribution in [0.2, 0.25) is 0 Å². The van der Waals surface area contributed by atoms with Crippen LogP contribution in [0.25, 0.3) is 0 Å². The molecule has 0 bridgehead atoms. The molecule has 0 spiro atoms. The van der Waals surface area contributed by atoms with Gasteiger partial charge in [0, 0.05) is 6.54 Å². The molecule has 140 valence electrons. The molecular formula is C20H37NO3. The molecule has 0 aliphatic carbocycles. The summed E-state index contributed by atoms with van der Waals surface area (Å²) in [6, 6.07) is 0. The summed E-state index contributed by atoms with van der Waals surface area (Å²) in [5, 5.41) is 10.8. The minimum absolute atomic E-state index is 0.465. The highest BCUT2D eigenvalue weighted by atomic mass is 16.4. The summed E-state index contributed by atoms with van der Waals surface area (Å²) in [5.41, 5.74) is 0. The zero-order valence-corrected chi connectivity index (χ0v) is 15.5. The van der Waals surface area contributed by atoms with Gasteiger partial charge in [0.1, 0.15) is 0 Å². The molecule has 0 atom stereocenters. The molecule has 1 amide bonds. The molecule has 0 aromatic rings. The summed E-state index contributed by atoms with van der Waals surface area (Å²) >= 11 is 0. The minimum atomic E-state index is -1.40. The summed E-state index contributed by atoms with van der Waals surface area (Å²) in [6.45, 7) is 2.72.